The highest BCUT2D eigenvalue weighted by Gasteiger charge is 2.16. The normalized spacial score (nSPS) is 11.5. The van der Waals surface area contributed by atoms with Gasteiger partial charge in [0, 0.05) is 12.6 Å². The van der Waals surface area contributed by atoms with Gasteiger partial charge in [0.1, 0.15) is 5.75 Å². The lowest BCUT2D eigenvalue weighted by Crippen LogP contribution is -2.14. The average Bonchev–Trinajstić information content (AvgIpc) is 3.10. The number of hydrogen-bond donors (Lipinski definition) is 0. The third kappa shape index (κ3) is 4.01. The molecule has 0 saturated heterocycles. The third-order valence-corrected chi connectivity index (χ3v) is 6.51. The van der Waals surface area contributed by atoms with Crippen molar-refractivity contribution >= 4 is 33.2 Å². The number of halogens is 1. The zero-order valence-corrected chi connectivity index (χ0v) is 18.9. The van der Waals surface area contributed by atoms with Gasteiger partial charge in [0.25, 0.3) is 5.91 Å². The third-order valence-electron chi connectivity index (χ3n) is 4.71. The summed E-state index contributed by atoms with van der Waals surface area (Å²) < 4.78 is 7.95. The van der Waals surface area contributed by atoms with Crippen molar-refractivity contribution in [3.8, 4) is 27.4 Å². The predicted octanol–water partition coefficient (Wildman–Crippen LogP) is 5.93. The summed E-state index contributed by atoms with van der Waals surface area (Å²) in [4.78, 5) is 19.0. The highest BCUT2D eigenvalue weighted by atomic mass is 79.9. The van der Waals surface area contributed by atoms with Crippen LogP contribution in [-0.4, -0.2) is 17.6 Å². The van der Waals surface area contributed by atoms with Crippen LogP contribution < -0.4 is 9.54 Å². The summed E-state index contributed by atoms with van der Waals surface area (Å²) in [5, 5.41) is 0. The van der Waals surface area contributed by atoms with E-state index >= 15 is 0 Å². The molecule has 0 saturated carbocycles. The van der Waals surface area contributed by atoms with Crippen molar-refractivity contribution in [1.29, 1.82) is 0 Å². The van der Waals surface area contributed by atoms with Crippen molar-refractivity contribution in [1.82, 2.24) is 4.57 Å². The first-order chi connectivity index (χ1) is 14.6. The molecule has 0 radical (unpaired) electrons. The maximum Gasteiger partial charge on any atom is 0.279 e. The Bertz CT molecular complexity index is 1260. The van der Waals surface area contributed by atoms with Crippen molar-refractivity contribution in [2.45, 2.75) is 0 Å². The second-order valence-electron chi connectivity index (χ2n) is 6.62. The quantitative estimate of drug-likeness (QED) is 0.364. The molecule has 150 valence electrons. The summed E-state index contributed by atoms with van der Waals surface area (Å²) in [5.41, 5.74) is 3.71. The van der Waals surface area contributed by atoms with Crippen LogP contribution >= 0.6 is 27.3 Å². The molecule has 0 aliphatic rings. The van der Waals surface area contributed by atoms with Gasteiger partial charge in [-0.05, 0) is 45.3 Å². The first-order valence-corrected chi connectivity index (χ1v) is 10.9. The highest BCUT2D eigenvalue weighted by Crippen LogP contribution is 2.34. The fraction of sp³-hybridized carbons (Fsp3) is 0.0833. The Morgan fingerprint density at radius 1 is 0.967 bits per heavy atom. The minimum absolute atomic E-state index is 0.297. The number of carbonyl (C=O) groups is 1. The van der Waals surface area contributed by atoms with Crippen LogP contribution in [-0.2, 0) is 7.05 Å². The van der Waals surface area contributed by atoms with Crippen LogP contribution in [0.25, 0.3) is 21.7 Å². The SMILES string of the molecule is COc1ccc(C(=O)N=c2sc(-c3ccccc3)c(-c3ccccc3)n2C)cc1Br. The smallest absolute Gasteiger partial charge is 0.279 e. The second kappa shape index (κ2) is 8.81. The summed E-state index contributed by atoms with van der Waals surface area (Å²) in [6.45, 7) is 0. The molecule has 4 nitrogen and oxygen atoms in total. The number of aromatic nitrogens is 1. The van der Waals surface area contributed by atoms with E-state index in [9.17, 15) is 4.79 Å². The molecule has 3 aromatic carbocycles. The minimum atomic E-state index is -0.297. The molecule has 0 bridgehead atoms. The molecule has 1 amide bonds. The topological polar surface area (TPSA) is 43.6 Å². The van der Waals surface area contributed by atoms with Gasteiger partial charge < -0.3 is 9.30 Å². The van der Waals surface area contributed by atoms with E-state index in [0.717, 1.165) is 26.2 Å². The van der Waals surface area contributed by atoms with Crippen LogP contribution in [0, 0.1) is 0 Å². The standard InChI is InChI=1S/C24H19BrN2O2S/c1-27-21(16-9-5-3-6-10-16)22(17-11-7-4-8-12-17)30-24(27)26-23(28)18-13-14-20(29-2)19(25)15-18/h3-15H,1-2H3. The van der Waals surface area contributed by atoms with Crippen LogP contribution in [0.3, 0.4) is 0 Å². The maximum absolute atomic E-state index is 12.9. The lowest BCUT2D eigenvalue weighted by Gasteiger charge is -2.07. The fourth-order valence-electron chi connectivity index (χ4n) is 3.21. The molecule has 0 atom stereocenters. The van der Waals surface area contributed by atoms with Gasteiger partial charge in [0.2, 0.25) is 0 Å². The largest absolute Gasteiger partial charge is 0.496 e. The van der Waals surface area contributed by atoms with Crippen LogP contribution in [0.5, 0.6) is 5.75 Å². The van der Waals surface area contributed by atoms with E-state index in [1.54, 1.807) is 25.3 Å². The number of nitrogens with zero attached hydrogens (tertiary/aromatic N) is 2. The Morgan fingerprint density at radius 3 is 2.20 bits per heavy atom. The number of thiazole rings is 1. The Hall–Kier alpha value is -2.96. The number of carbonyl (C=O) groups excluding carboxylic acids is 1. The molecule has 0 N–H and O–H groups in total. The van der Waals surface area contributed by atoms with Crippen molar-refractivity contribution in [3.63, 3.8) is 0 Å². The summed E-state index contributed by atoms with van der Waals surface area (Å²) in [6.07, 6.45) is 0. The molecular formula is C24H19BrN2O2S. The molecule has 0 aliphatic carbocycles. The molecule has 4 rings (SSSR count). The van der Waals surface area contributed by atoms with Crippen LogP contribution in [0.4, 0.5) is 0 Å². The number of methoxy groups -OCH3 is 1. The van der Waals surface area contributed by atoms with E-state index in [4.69, 9.17) is 4.74 Å². The maximum atomic E-state index is 12.9. The zero-order valence-electron chi connectivity index (χ0n) is 16.5. The number of hydrogen-bond acceptors (Lipinski definition) is 3. The molecule has 0 aliphatic heterocycles. The highest BCUT2D eigenvalue weighted by molar-refractivity contribution is 9.10. The van der Waals surface area contributed by atoms with Crippen LogP contribution in [0.15, 0.2) is 88.3 Å². The van der Waals surface area contributed by atoms with Crippen LogP contribution in [0.1, 0.15) is 10.4 Å². The lowest BCUT2D eigenvalue weighted by molar-refractivity contribution is 0.0998. The van der Waals surface area contributed by atoms with E-state index in [1.165, 1.54) is 11.3 Å². The molecule has 30 heavy (non-hydrogen) atoms. The van der Waals surface area contributed by atoms with Gasteiger partial charge in [-0.15, -0.1) is 0 Å². The number of ether oxygens (including phenoxy) is 1. The van der Waals surface area contributed by atoms with Gasteiger partial charge in [-0.25, -0.2) is 0 Å². The molecule has 6 heteroatoms. The first kappa shape index (κ1) is 20.3. The van der Waals surface area contributed by atoms with Gasteiger partial charge in [-0.1, -0.05) is 72.0 Å². The number of benzene rings is 3. The minimum Gasteiger partial charge on any atom is -0.496 e. The van der Waals surface area contributed by atoms with E-state index in [-0.39, 0.29) is 5.91 Å². The molecule has 0 spiro atoms. The molecular weight excluding hydrogens is 460 g/mol. The van der Waals surface area contributed by atoms with Gasteiger partial charge in [0.15, 0.2) is 4.80 Å². The van der Waals surface area contributed by atoms with E-state index < -0.39 is 0 Å². The molecule has 1 heterocycles. The van der Waals surface area contributed by atoms with Gasteiger partial charge in [0.05, 0.1) is 22.2 Å². The summed E-state index contributed by atoms with van der Waals surface area (Å²) >= 11 is 4.94. The number of amides is 1. The van der Waals surface area contributed by atoms with Gasteiger partial charge >= 0.3 is 0 Å². The summed E-state index contributed by atoms with van der Waals surface area (Å²) in [6, 6.07) is 25.5. The Morgan fingerprint density at radius 2 is 1.60 bits per heavy atom. The van der Waals surface area contributed by atoms with Crippen molar-refractivity contribution in [2.75, 3.05) is 7.11 Å². The molecule has 1 aromatic heterocycles. The Balaban J connectivity index is 1.86. The van der Waals surface area contributed by atoms with Gasteiger partial charge in [-0.3, -0.25) is 4.79 Å². The predicted molar refractivity (Wildman–Crippen MR) is 125 cm³/mol. The van der Waals surface area contributed by atoms with Gasteiger partial charge in [-0.2, -0.15) is 4.99 Å². The summed E-state index contributed by atoms with van der Waals surface area (Å²) in [5.74, 6) is 0.375. The second-order valence-corrected chi connectivity index (χ2v) is 8.45. The Labute approximate surface area is 187 Å². The zero-order chi connectivity index (χ0) is 21.1. The van der Waals surface area contributed by atoms with Crippen molar-refractivity contribution in [3.05, 3.63) is 93.7 Å². The molecule has 0 fully saturated rings. The van der Waals surface area contributed by atoms with E-state index in [1.807, 2.05) is 48.0 Å². The number of rotatable bonds is 4. The monoisotopic (exact) mass is 478 g/mol. The molecule has 0 unspecified atom stereocenters. The Kier molecular flexibility index (Phi) is 5.97. The van der Waals surface area contributed by atoms with Crippen molar-refractivity contribution < 1.29 is 9.53 Å². The van der Waals surface area contributed by atoms with E-state index in [0.29, 0.717) is 16.1 Å². The van der Waals surface area contributed by atoms with E-state index in [2.05, 4.69) is 45.2 Å². The summed E-state index contributed by atoms with van der Waals surface area (Å²) in [7, 11) is 3.54. The fourth-order valence-corrected chi connectivity index (χ4v) is 4.90. The van der Waals surface area contributed by atoms with Crippen LogP contribution in [0.2, 0.25) is 0 Å². The average molecular weight is 479 g/mol. The molecule has 4 aromatic rings. The first-order valence-electron chi connectivity index (χ1n) is 9.31. The lowest BCUT2D eigenvalue weighted by atomic mass is 10.1. The van der Waals surface area contributed by atoms with Crippen molar-refractivity contribution in [2.24, 2.45) is 12.0 Å².